The maximum atomic E-state index is 5.80. The van der Waals surface area contributed by atoms with Gasteiger partial charge in [-0.05, 0) is 194 Å². The molecule has 0 atom stereocenters. The highest BCUT2D eigenvalue weighted by atomic mass is 15.2. The van der Waals surface area contributed by atoms with Crippen molar-refractivity contribution in [3.8, 4) is 22.6 Å². The first kappa shape index (κ1) is 50.7. The van der Waals surface area contributed by atoms with Gasteiger partial charge >= 0.3 is 0 Å². The summed E-state index contributed by atoms with van der Waals surface area (Å²) in [5, 5.41) is 10.8. The Kier molecular flexibility index (Phi) is 11.3. The van der Waals surface area contributed by atoms with Gasteiger partial charge in [0, 0.05) is 50.6 Å². The number of rotatable bonds is 4. The van der Waals surface area contributed by atoms with Gasteiger partial charge in [-0.25, -0.2) is 9.97 Å². The molecule has 0 N–H and O–H groups in total. The number of anilines is 6. The Balaban J connectivity index is 1.13. The first-order valence-electron chi connectivity index (χ1n) is 29.0. The van der Waals surface area contributed by atoms with Gasteiger partial charge in [-0.15, -0.1) is 0 Å². The summed E-state index contributed by atoms with van der Waals surface area (Å²) in [5.74, 6) is 0.724. The molecule has 12 aromatic rings. The minimum absolute atomic E-state index is 0.0214. The Bertz CT molecular complexity index is 4320. The summed E-state index contributed by atoms with van der Waals surface area (Å²) in [6, 6.07) is 76.4. The van der Waals surface area contributed by atoms with Crippen molar-refractivity contribution in [3.63, 3.8) is 0 Å². The quantitative estimate of drug-likeness (QED) is 0.130. The van der Waals surface area contributed by atoms with E-state index in [4.69, 9.17) is 9.97 Å². The van der Waals surface area contributed by atoms with Gasteiger partial charge in [-0.3, -0.25) is 0 Å². The van der Waals surface area contributed by atoms with Crippen molar-refractivity contribution in [1.29, 1.82) is 0 Å². The Labute approximate surface area is 478 Å². The minimum Gasteiger partial charge on any atom is -0.311 e. The average Bonchev–Trinajstić information content (AvgIpc) is 2.99. The lowest BCUT2D eigenvalue weighted by Crippen LogP contribution is -2.61. The van der Waals surface area contributed by atoms with E-state index in [0.717, 1.165) is 56.3 Å². The van der Waals surface area contributed by atoms with Crippen LogP contribution in [0.5, 0.6) is 0 Å². The van der Waals surface area contributed by atoms with Crippen molar-refractivity contribution in [2.45, 2.75) is 105 Å². The van der Waals surface area contributed by atoms with E-state index >= 15 is 0 Å². The molecule has 2 aliphatic rings. The molecule has 1 aromatic heterocycles. The number of benzene rings is 11. The summed E-state index contributed by atoms with van der Waals surface area (Å²) in [5.41, 5.74) is 19.5. The van der Waals surface area contributed by atoms with Gasteiger partial charge in [0.05, 0.1) is 11.2 Å². The molecule has 0 spiro atoms. The van der Waals surface area contributed by atoms with Crippen molar-refractivity contribution in [2.75, 3.05) is 9.80 Å². The highest BCUT2D eigenvalue weighted by molar-refractivity contribution is 7.00. The molecule has 4 nitrogen and oxygen atoms in total. The van der Waals surface area contributed by atoms with Crippen molar-refractivity contribution in [1.82, 2.24) is 9.97 Å². The van der Waals surface area contributed by atoms with E-state index in [1.807, 2.05) is 0 Å². The smallest absolute Gasteiger partial charge is 0.252 e. The largest absolute Gasteiger partial charge is 0.311 e. The van der Waals surface area contributed by atoms with Crippen LogP contribution in [0.4, 0.5) is 34.1 Å². The van der Waals surface area contributed by atoms with Crippen LogP contribution < -0.4 is 26.2 Å². The normalized spacial score (nSPS) is 13.6. The maximum absolute atomic E-state index is 5.80. The van der Waals surface area contributed by atoms with Gasteiger partial charge in [0.15, 0.2) is 5.82 Å². The van der Waals surface area contributed by atoms with Crippen LogP contribution in [0.25, 0.3) is 76.6 Å². The fourth-order valence-electron chi connectivity index (χ4n) is 12.8. The first-order valence-corrected chi connectivity index (χ1v) is 29.0. The van der Waals surface area contributed by atoms with Crippen LogP contribution >= 0.6 is 0 Å². The third-order valence-electron chi connectivity index (χ3n) is 17.5. The second-order valence-corrected chi connectivity index (χ2v) is 27.3. The van der Waals surface area contributed by atoms with Crippen LogP contribution in [0.3, 0.4) is 0 Å². The molecule has 0 unspecified atom stereocenters. The summed E-state index contributed by atoms with van der Waals surface area (Å²) < 4.78 is 0. The third-order valence-corrected chi connectivity index (χ3v) is 17.5. The van der Waals surface area contributed by atoms with Crippen LogP contribution in [0.1, 0.15) is 105 Å². The summed E-state index contributed by atoms with van der Waals surface area (Å²) >= 11 is 0. The molecular formula is C76H69BN4. The Morgan fingerprint density at radius 1 is 0.321 bits per heavy atom. The van der Waals surface area contributed by atoms with Gasteiger partial charge in [0.1, 0.15) is 0 Å². The minimum atomic E-state index is -0.121. The van der Waals surface area contributed by atoms with Gasteiger partial charge in [-0.2, -0.15) is 0 Å². The Morgan fingerprint density at radius 2 is 0.716 bits per heavy atom. The molecular weight excluding hydrogens is 980 g/mol. The molecule has 0 amide bonds. The van der Waals surface area contributed by atoms with E-state index in [1.165, 1.54) is 93.1 Å². The summed E-state index contributed by atoms with van der Waals surface area (Å²) in [7, 11) is 0. The van der Waals surface area contributed by atoms with E-state index < -0.39 is 0 Å². The topological polar surface area (TPSA) is 32.3 Å². The predicted octanol–water partition coefficient (Wildman–Crippen LogP) is 18.8. The van der Waals surface area contributed by atoms with Crippen LogP contribution in [0.15, 0.2) is 200 Å². The average molecular weight is 1050 g/mol. The van der Waals surface area contributed by atoms with Crippen LogP contribution in [0, 0.1) is 0 Å². The lowest BCUT2D eigenvalue weighted by atomic mass is 9.33. The highest BCUT2D eigenvalue weighted by Gasteiger charge is 2.44. The summed E-state index contributed by atoms with van der Waals surface area (Å²) in [6.45, 7) is 27.5. The fraction of sp³-hybridized carbons (Fsp3) is 0.211. The highest BCUT2D eigenvalue weighted by Crippen LogP contribution is 2.49. The zero-order valence-corrected chi connectivity index (χ0v) is 48.9. The molecule has 0 bridgehead atoms. The zero-order chi connectivity index (χ0) is 56.1. The molecule has 0 radical (unpaired) electrons. The summed E-state index contributed by atoms with van der Waals surface area (Å²) in [4.78, 5) is 16.4. The van der Waals surface area contributed by atoms with E-state index in [2.05, 4.69) is 293 Å². The van der Waals surface area contributed by atoms with Crippen molar-refractivity contribution < 1.29 is 0 Å². The number of nitrogens with zero attached hydrogens (tertiary/aromatic N) is 4. The lowest BCUT2D eigenvalue weighted by molar-refractivity contribution is 0.569. The molecule has 11 aromatic carbocycles. The second kappa shape index (κ2) is 18.0. The monoisotopic (exact) mass is 1050 g/mol. The predicted molar refractivity (Wildman–Crippen MR) is 349 cm³/mol. The van der Waals surface area contributed by atoms with E-state index in [-0.39, 0.29) is 28.4 Å². The molecule has 5 heteroatoms. The zero-order valence-electron chi connectivity index (χ0n) is 48.9. The molecule has 0 saturated carbocycles. The standard InChI is InChI=1S/C76H69BN4/c1-73(2,3)56-25-29-60(30-26-56)80-66-41-52-35-48-21-15-13-19-46(48)33-50(52)39-63(66)77-64-40-51-34-47-20-14-16-22-49(47)36-53(51)42-67(64)81(61-31-27-57(28-32-61)74(4,5)6)69-44-54(43-68(80)70(69)77)71-62-23-17-18-24-65(62)78-72(79-71)55-37-58(75(7,8)9)45-59(38-55)76(10,11)12/h13-45H,1-12H3. The molecule has 2 aliphatic heterocycles. The summed E-state index contributed by atoms with van der Waals surface area (Å²) in [6.07, 6.45) is 0. The number of aromatic nitrogens is 2. The lowest BCUT2D eigenvalue weighted by Gasteiger charge is -2.45. The van der Waals surface area contributed by atoms with Gasteiger partial charge in [0.25, 0.3) is 6.71 Å². The number of fused-ring (bicyclic) bond motifs is 9. The third kappa shape index (κ3) is 8.58. The Morgan fingerprint density at radius 3 is 1.14 bits per heavy atom. The molecule has 0 fully saturated rings. The molecule has 3 heterocycles. The van der Waals surface area contributed by atoms with Crippen LogP contribution in [-0.2, 0) is 21.7 Å². The molecule has 14 rings (SSSR count). The number of para-hydroxylation sites is 1. The van der Waals surface area contributed by atoms with E-state index in [1.54, 1.807) is 0 Å². The molecule has 81 heavy (non-hydrogen) atoms. The van der Waals surface area contributed by atoms with Gasteiger partial charge < -0.3 is 9.80 Å². The maximum Gasteiger partial charge on any atom is 0.252 e. The molecule has 396 valence electrons. The van der Waals surface area contributed by atoms with Gasteiger partial charge in [0.2, 0.25) is 0 Å². The van der Waals surface area contributed by atoms with Crippen molar-refractivity contribution in [3.05, 3.63) is 222 Å². The van der Waals surface area contributed by atoms with Gasteiger partial charge in [-0.1, -0.05) is 192 Å². The van der Waals surface area contributed by atoms with Crippen molar-refractivity contribution >= 4 is 111 Å². The van der Waals surface area contributed by atoms with E-state index in [0.29, 0.717) is 0 Å². The fourth-order valence-corrected chi connectivity index (χ4v) is 12.8. The molecule has 0 saturated heterocycles. The van der Waals surface area contributed by atoms with Crippen LogP contribution in [-0.4, -0.2) is 16.7 Å². The van der Waals surface area contributed by atoms with E-state index in [9.17, 15) is 0 Å². The SMILES string of the molecule is CC(C)(C)c1ccc(N2c3cc4cc5ccccc5cc4cc3B3c4cc5cc6ccccc6cc5cc4N(c4ccc(C(C)(C)C)cc4)c4cc(-c5nc(-c6cc(C(C)(C)C)cc(C(C)(C)C)c6)nc6ccccc56)cc2c43)cc1. The first-order chi connectivity index (χ1) is 38.6. The van der Waals surface area contributed by atoms with Crippen molar-refractivity contribution in [2.24, 2.45) is 0 Å². The second-order valence-electron chi connectivity index (χ2n) is 27.3. The number of hydrogen-bond acceptors (Lipinski definition) is 4. The Hall–Kier alpha value is -8.54. The number of hydrogen-bond donors (Lipinski definition) is 0. The van der Waals surface area contributed by atoms with Crippen LogP contribution in [0.2, 0.25) is 0 Å². The molecule has 0 aliphatic carbocycles.